The van der Waals surface area contributed by atoms with Crippen molar-refractivity contribution in [3.8, 4) is 11.1 Å². The maximum Gasteiger partial charge on any atom is 0.336 e. The summed E-state index contributed by atoms with van der Waals surface area (Å²) in [5.74, 6) is -1.13. The Morgan fingerprint density at radius 1 is 1.59 bits per heavy atom. The van der Waals surface area contributed by atoms with Gasteiger partial charge in [-0.25, -0.2) is 4.79 Å². The topological polar surface area (TPSA) is 88.0 Å². The molecule has 6 nitrogen and oxygen atoms in total. The maximum atomic E-state index is 11.1. The Morgan fingerprint density at radius 2 is 2.35 bits per heavy atom. The molecule has 0 saturated carbocycles. The number of hydrogen-bond acceptors (Lipinski definition) is 3. The first-order chi connectivity index (χ1) is 8.11. The molecule has 0 saturated heterocycles. The molecule has 0 aromatic carbocycles. The van der Waals surface area contributed by atoms with Gasteiger partial charge in [0, 0.05) is 36.1 Å². The van der Waals surface area contributed by atoms with Crippen molar-refractivity contribution in [1.29, 1.82) is 0 Å². The number of carboxylic acid groups (broad SMARTS) is 1. The summed E-state index contributed by atoms with van der Waals surface area (Å²) in [6, 6.07) is 1.07. The van der Waals surface area contributed by atoms with Gasteiger partial charge >= 0.3 is 5.97 Å². The molecule has 0 aliphatic carbocycles. The third-order valence-corrected chi connectivity index (χ3v) is 2.42. The maximum absolute atomic E-state index is 11.1. The molecule has 17 heavy (non-hydrogen) atoms. The quantitative estimate of drug-likeness (QED) is 0.826. The van der Waals surface area contributed by atoms with Crippen molar-refractivity contribution in [2.75, 3.05) is 0 Å². The lowest BCUT2D eigenvalue weighted by Crippen LogP contribution is -2.10. The van der Waals surface area contributed by atoms with Crippen LogP contribution in [0.5, 0.6) is 0 Å². The molecule has 2 rings (SSSR count). The Labute approximate surface area is 96.5 Å². The van der Waals surface area contributed by atoms with Crippen molar-refractivity contribution in [3.63, 3.8) is 0 Å². The molecular weight excluding hydrogens is 222 g/mol. The molecular formula is C11H11N3O3. The molecule has 2 N–H and O–H groups in total. The van der Waals surface area contributed by atoms with E-state index in [1.165, 1.54) is 6.20 Å². The SMILES string of the molecule is CCn1cc(-c2c[nH]c(=O)cc2C(=O)O)cn1. The fraction of sp³-hybridized carbons (Fsp3) is 0.182. The molecule has 0 aliphatic rings. The van der Waals surface area contributed by atoms with Gasteiger partial charge in [0.25, 0.3) is 0 Å². The summed E-state index contributed by atoms with van der Waals surface area (Å²) in [7, 11) is 0. The van der Waals surface area contributed by atoms with E-state index in [1.807, 2.05) is 6.92 Å². The van der Waals surface area contributed by atoms with Crippen LogP contribution in [-0.4, -0.2) is 25.8 Å². The monoisotopic (exact) mass is 233 g/mol. The highest BCUT2D eigenvalue weighted by molar-refractivity contribution is 5.95. The summed E-state index contributed by atoms with van der Waals surface area (Å²) in [5.41, 5.74) is 0.663. The lowest BCUT2D eigenvalue weighted by molar-refractivity contribution is 0.0697. The summed E-state index contributed by atoms with van der Waals surface area (Å²) in [4.78, 5) is 24.6. The molecule has 0 fully saturated rings. The van der Waals surface area contributed by atoms with Crippen LogP contribution in [0.15, 0.2) is 29.5 Å². The highest BCUT2D eigenvalue weighted by Crippen LogP contribution is 2.21. The van der Waals surface area contributed by atoms with Crippen molar-refractivity contribution < 1.29 is 9.90 Å². The Morgan fingerprint density at radius 3 is 2.94 bits per heavy atom. The number of nitrogens with zero attached hydrogens (tertiary/aromatic N) is 2. The fourth-order valence-corrected chi connectivity index (χ4v) is 1.56. The number of carbonyl (C=O) groups is 1. The van der Waals surface area contributed by atoms with Crippen LogP contribution in [-0.2, 0) is 6.54 Å². The van der Waals surface area contributed by atoms with Crippen LogP contribution in [0.4, 0.5) is 0 Å². The summed E-state index contributed by atoms with van der Waals surface area (Å²) >= 11 is 0. The van der Waals surface area contributed by atoms with Gasteiger partial charge in [-0.15, -0.1) is 0 Å². The van der Waals surface area contributed by atoms with Gasteiger partial charge in [-0.1, -0.05) is 0 Å². The van der Waals surface area contributed by atoms with E-state index in [9.17, 15) is 9.59 Å². The summed E-state index contributed by atoms with van der Waals surface area (Å²) < 4.78 is 1.69. The molecule has 88 valence electrons. The van der Waals surface area contributed by atoms with E-state index in [2.05, 4.69) is 10.1 Å². The van der Waals surface area contributed by atoms with E-state index >= 15 is 0 Å². The Kier molecular flexibility index (Phi) is 2.78. The third-order valence-electron chi connectivity index (χ3n) is 2.42. The second kappa shape index (κ2) is 4.25. The van der Waals surface area contributed by atoms with E-state index in [0.29, 0.717) is 17.7 Å². The predicted octanol–water partition coefficient (Wildman–Crippen LogP) is 0.956. The van der Waals surface area contributed by atoms with Crippen LogP contribution in [0.3, 0.4) is 0 Å². The van der Waals surface area contributed by atoms with Crippen molar-refractivity contribution in [1.82, 2.24) is 14.8 Å². The zero-order chi connectivity index (χ0) is 12.4. The molecule has 0 unspecified atom stereocenters. The van der Waals surface area contributed by atoms with Crippen LogP contribution in [0, 0.1) is 0 Å². The summed E-state index contributed by atoms with van der Waals surface area (Å²) in [6.07, 6.45) is 4.70. The molecule has 2 aromatic rings. The Bertz CT molecular complexity index is 612. The van der Waals surface area contributed by atoms with Crippen LogP contribution in [0.25, 0.3) is 11.1 Å². The molecule has 0 aliphatic heterocycles. The number of aromatic amines is 1. The fourth-order valence-electron chi connectivity index (χ4n) is 1.56. The van der Waals surface area contributed by atoms with Gasteiger partial charge < -0.3 is 10.1 Å². The Balaban J connectivity index is 2.58. The van der Waals surface area contributed by atoms with Gasteiger partial charge in [0.05, 0.1) is 11.8 Å². The van der Waals surface area contributed by atoms with E-state index in [-0.39, 0.29) is 5.56 Å². The average Bonchev–Trinajstić information content (AvgIpc) is 2.77. The number of aromatic nitrogens is 3. The summed E-state index contributed by atoms with van der Waals surface area (Å²) in [5, 5.41) is 13.1. The predicted molar refractivity (Wildman–Crippen MR) is 60.9 cm³/mol. The number of rotatable bonds is 3. The van der Waals surface area contributed by atoms with E-state index < -0.39 is 11.5 Å². The van der Waals surface area contributed by atoms with E-state index in [1.54, 1.807) is 17.1 Å². The number of aryl methyl sites for hydroxylation is 1. The minimum absolute atomic E-state index is 0.0237. The molecule has 0 atom stereocenters. The second-order valence-corrected chi connectivity index (χ2v) is 3.51. The number of nitrogens with one attached hydrogen (secondary N) is 1. The van der Waals surface area contributed by atoms with Crippen molar-refractivity contribution >= 4 is 5.97 Å². The number of carboxylic acids is 1. The first-order valence-corrected chi connectivity index (χ1v) is 5.10. The van der Waals surface area contributed by atoms with Gasteiger partial charge in [-0.05, 0) is 6.92 Å². The minimum atomic E-state index is -1.13. The van der Waals surface area contributed by atoms with Crippen molar-refractivity contribution in [3.05, 3.63) is 40.6 Å². The van der Waals surface area contributed by atoms with Gasteiger partial charge in [-0.2, -0.15) is 5.10 Å². The zero-order valence-corrected chi connectivity index (χ0v) is 9.17. The van der Waals surface area contributed by atoms with Crippen LogP contribution in [0.2, 0.25) is 0 Å². The number of hydrogen-bond donors (Lipinski definition) is 2. The zero-order valence-electron chi connectivity index (χ0n) is 9.17. The molecule has 2 aromatic heterocycles. The highest BCUT2D eigenvalue weighted by atomic mass is 16.4. The molecule has 0 amide bonds. The van der Waals surface area contributed by atoms with E-state index in [4.69, 9.17) is 5.11 Å². The molecule has 2 heterocycles. The van der Waals surface area contributed by atoms with Crippen molar-refractivity contribution in [2.24, 2.45) is 0 Å². The van der Waals surface area contributed by atoms with Crippen LogP contribution < -0.4 is 5.56 Å². The molecule has 0 radical (unpaired) electrons. The standard InChI is InChI=1S/C11H11N3O3/c1-2-14-6-7(4-13-14)9-5-12-10(15)3-8(9)11(16)17/h3-6H,2H2,1H3,(H,12,15)(H,16,17). The number of H-pyrrole nitrogens is 1. The largest absolute Gasteiger partial charge is 0.478 e. The number of aromatic carboxylic acids is 1. The Hall–Kier alpha value is -2.37. The first kappa shape index (κ1) is 11.1. The second-order valence-electron chi connectivity index (χ2n) is 3.51. The smallest absolute Gasteiger partial charge is 0.336 e. The lowest BCUT2D eigenvalue weighted by Gasteiger charge is -2.01. The molecule has 0 bridgehead atoms. The van der Waals surface area contributed by atoms with Gasteiger partial charge in [0.1, 0.15) is 0 Å². The minimum Gasteiger partial charge on any atom is -0.478 e. The van der Waals surface area contributed by atoms with Crippen LogP contribution in [0.1, 0.15) is 17.3 Å². The summed E-state index contributed by atoms with van der Waals surface area (Å²) in [6.45, 7) is 2.63. The molecule has 6 heteroatoms. The van der Waals surface area contributed by atoms with E-state index in [0.717, 1.165) is 6.07 Å². The molecule has 0 spiro atoms. The van der Waals surface area contributed by atoms with Gasteiger partial charge in [-0.3, -0.25) is 9.48 Å². The highest BCUT2D eigenvalue weighted by Gasteiger charge is 2.13. The third kappa shape index (κ3) is 2.10. The van der Waals surface area contributed by atoms with Gasteiger partial charge in [0.2, 0.25) is 5.56 Å². The first-order valence-electron chi connectivity index (χ1n) is 5.10. The van der Waals surface area contributed by atoms with Crippen molar-refractivity contribution in [2.45, 2.75) is 13.5 Å². The van der Waals surface area contributed by atoms with Gasteiger partial charge in [0.15, 0.2) is 0 Å². The lowest BCUT2D eigenvalue weighted by atomic mass is 10.1. The average molecular weight is 233 g/mol. The van der Waals surface area contributed by atoms with Crippen LogP contribution >= 0.6 is 0 Å². The normalized spacial score (nSPS) is 10.4. The number of pyridine rings is 1.